The van der Waals surface area contributed by atoms with Crippen LogP contribution in [-0.2, 0) is 11.2 Å². The van der Waals surface area contributed by atoms with Crippen LogP contribution in [0.2, 0.25) is 5.02 Å². The Kier molecular flexibility index (Phi) is 4.93. The second-order valence-corrected chi connectivity index (χ2v) is 5.10. The molecule has 1 unspecified atom stereocenters. The molecule has 5 heteroatoms. The topological polar surface area (TPSA) is 67.5 Å². The van der Waals surface area contributed by atoms with E-state index in [1.165, 1.54) is 5.56 Å². The van der Waals surface area contributed by atoms with Gasteiger partial charge >= 0.3 is 0 Å². The van der Waals surface area contributed by atoms with Gasteiger partial charge in [-0.15, -0.1) is 0 Å². The van der Waals surface area contributed by atoms with Gasteiger partial charge in [-0.3, -0.25) is 4.79 Å². The van der Waals surface area contributed by atoms with Crippen LogP contribution in [0, 0.1) is 0 Å². The number of nitrogens with two attached hydrogens (primary N) is 1. The second-order valence-electron chi connectivity index (χ2n) is 4.66. The number of benzene rings is 1. The average Bonchev–Trinajstić information content (AvgIpc) is 2.41. The summed E-state index contributed by atoms with van der Waals surface area (Å²) in [7, 11) is 0. The van der Waals surface area contributed by atoms with Gasteiger partial charge in [-0.2, -0.15) is 5.10 Å². The van der Waals surface area contributed by atoms with Crippen molar-refractivity contribution in [2.75, 3.05) is 6.54 Å². The molecular weight excluding hydrogens is 262 g/mol. The molecule has 4 nitrogen and oxygen atoms in total. The number of hydrogen-bond donors (Lipinski definition) is 2. The molecule has 1 heterocycles. The quantitative estimate of drug-likeness (QED) is 0.812. The van der Waals surface area contributed by atoms with Gasteiger partial charge in [0.25, 0.3) is 0 Å². The highest BCUT2D eigenvalue weighted by atomic mass is 35.5. The van der Waals surface area contributed by atoms with Crippen LogP contribution in [0.5, 0.6) is 0 Å². The van der Waals surface area contributed by atoms with Crippen LogP contribution in [0.4, 0.5) is 0 Å². The van der Waals surface area contributed by atoms with Crippen molar-refractivity contribution in [2.45, 2.75) is 31.6 Å². The Morgan fingerprint density at radius 1 is 1.42 bits per heavy atom. The number of nitrogens with one attached hydrogen (secondary N) is 1. The van der Waals surface area contributed by atoms with Crippen LogP contribution in [0.1, 0.15) is 36.3 Å². The lowest BCUT2D eigenvalue weighted by molar-refractivity contribution is -0.122. The summed E-state index contributed by atoms with van der Waals surface area (Å²) >= 11 is 6.06. The third-order valence-electron chi connectivity index (χ3n) is 3.31. The van der Waals surface area contributed by atoms with Gasteiger partial charge in [-0.1, -0.05) is 17.7 Å². The number of carbonyl (C=O) groups excluding carboxylic acids is 1. The zero-order valence-electron chi connectivity index (χ0n) is 10.7. The fraction of sp³-hybridized carbons (Fsp3) is 0.429. The van der Waals surface area contributed by atoms with Gasteiger partial charge in [0.15, 0.2) is 0 Å². The number of nitrogens with zero attached hydrogens (tertiary/aromatic N) is 1. The smallest absolute Gasteiger partial charge is 0.247 e. The lowest BCUT2D eigenvalue weighted by Crippen LogP contribution is -2.30. The molecule has 0 saturated carbocycles. The minimum Gasteiger partial charge on any atom is -0.330 e. The Labute approximate surface area is 118 Å². The zero-order valence-corrected chi connectivity index (χ0v) is 11.5. The van der Waals surface area contributed by atoms with Crippen molar-refractivity contribution in [2.24, 2.45) is 10.8 Å². The first-order chi connectivity index (χ1) is 9.22. The van der Waals surface area contributed by atoms with Crippen LogP contribution in [0.3, 0.4) is 0 Å². The van der Waals surface area contributed by atoms with Crippen molar-refractivity contribution < 1.29 is 4.79 Å². The molecule has 1 amide bonds. The van der Waals surface area contributed by atoms with E-state index in [-0.39, 0.29) is 11.8 Å². The van der Waals surface area contributed by atoms with Gasteiger partial charge in [0.05, 0.1) is 5.92 Å². The molecule has 0 spiro atoms. The van der Waals surface area contributed by atoms with E-state index in [0.29, 0.717) is 18.0 Å². The Bertz CT molecular complexity index is 488. The average molecular weight is 280 g/mol. The summed E-state index contributed by atoms with van der Waals surface area (Å²) < 4.78 is 0. The van der Waals surface area contributed by atoms with Crippen LogP contribution in [0.25, 0.3) is 0 Å². The van der Waals surface area contributed by atoms with E-state index in [9.17, 15) is 4.79 Å². The van der Waals surface area contributed by atoms with Crippen LogP contribution < -0.4 is 11.2 Å². The number of carbonyl (C=O) groups is 1. The third-order valence-corrected chi connectivity index (χ3v) is 3.54. The van der Waals surface area contributed by atoms with Crippen molar-refractivity contribution in [1.29, 1.82) is 0 Å². The first kappa shape index (κ1) is 14.0. The number of rotatable bonds is 5. The van der Waals surface area contributed by atoms with E-state index in [1.54, 1.807) is 6.21 Å². The first-order valence-electron chi connectivity index (χ1n) is 6.52. The fourth-order valence-corrected chi connectivity index (χ4v) is 2.48. The van der Waals surface area contributed by atoms with E-state index in [0.717, 1.165) is 24.8 Å². The molecule has 0 radical (unpaired) electrons. The lowest BCUT2D eigenvalue weighted by atomic mass is 9.89. The first-order valence-corrected chi connectivity index (χ1v) is 6.90. The highest BCUT2D eigenvalue weighted by Crippen LogP contribution is 2.28. The molecule has 19 heavy (non-hydrogen) atoms. The largest absolute Gasteiger partial charge is 0.330 e. The normalized spacial score (nSPS) is 18.4. The summed E-state index contributed by atoms with van der Waals surface area (Å²) in [6.07, 6.45) is 5.28. The van der Waals surface area contributed by atoms with E-state index >= 15 is 0 Å². The Hall–Kier alpha value is -1.39. The third kappa shape index (κ3) is 3.55. The Morgan fingerprint density at radius 3 is 3.00 bits per heavy atom. The zero-order chi connectivity index (χ0) is 13.7. The number of unbranched alkanes of at least 4 members (excludes halogenated alkanes) is 1. The van der Waals surface area contributed by atoms with Crippen molar-refractivity contribution in [3.05, 3.63) is 34.3 Å². The van der Waals surface area contributed by atoms with Crippen LogP contribution >= 0.6 is 11.6 Å². The minimum atomic E-state index is -0.191. The molecule has 3 N–H and O–H groups in total. The molecule has 1 aromatic carbocycles. The minimum absolute atomic E-state index is 0.0650. The van der Waals surface area contributed by atoms with Gasteiger partial charge < -0.3 is 5.73 Å². The van der Waals surface area contributed by atoms with Gasteiger partial charge in [0.2, 0.25) is 5.91 Å². The molecule has 1 aliphatic heterocycles. The molecule has 1 atom stereocenters. The van der Waals surface area contributed by atoms with E-state index < -0.39 is 0 Å². The molecule has 0 bridgehead atoms. The molecule has 1 aliphatic rings. The van der Waals surface area contributed by atoms with E-state index in [1.807, 2.05) is 18.2 Å². The molecule has 0 aromatic heterocycles. The van der Waals surface area contributed by atoms with Crippen LogP contribution in [0.15, 0.2) is 23.3 Å². The Balaban J connectivity index is 2.23. The molecule has 1 aromatic rings. The van der Waals surface area contributed by atoms with Gasteiger partial charge in [0.1, 0.15) is 0 Å². The van der Waals surface area contributed by atoms with Crippen molar-refractivity contribution in [3.8, 4) is 0 Å². The van der Waals surface area contributed by atoms with Crippen molar-refractivity contribution in [1.82, 2.24) is 5.43 Å². The molecule has 0 fully saturated rings. The summed E-state index contributed by atoms with van der Waals surface area (Å²) in [6, 6.07) is 5.77. The summed E-state index contributed by atoms with van der Waals surface area (Å²) in [5.41, 5.74) is 10.2. The predicted octanol–water partition coefficient (Wildman–Crippen LogP) is 2.21. The number of amides is 1. The monoisotopic (exact) mass is 279 g/mol. The summed E-state index contributed by atoms with van der Waals surface area (Å²) in [6.45, 7) is 0.694. The van der Waals surface area contributed by atoms with Gasteiger partial charge in [-0.05, 0) is 49.1 Å². The highest BCUT2D eigenvalue weighted by molar-refractivity contribution is 6.30. The summed E-state index contributed by atoms with van der Waals surface area (Å²) in [5.74, 6) is -0.256. The van der Waals surface area contributed by atoms with E-state index in [2.05, 4.69) is 10.5 Å². The maximum atomic E-state index is 11.9. The summed E-state index contributed by atoms with van der Waals surface area (Å²) in [4.78, 5) is 11.9. The maximum absolute atomic E-state index is 11.9. The van der Waals surface area contributed by atoms with Crippen LogP contribution in [-0.4, -0.2) is 18.7 Å². The number of hydrogen-bond acceptors (Lipinski definition) is 3. The molecule has 2 rings (SSSR count). The molecular formula is C14H18ClN3O. The number of aryl methyl sites for hydroxylation is 1. The number of hydrazone groups is 1. The standard InChI is InChI=1S/C14H18ClN3O/c15-11-5-4-10(3-1-2-7-16)13(9-11)12-6-8-17-18-14(12)19/h4-5,8-9,12H,1-3,6-7,16H2,(H,18,19). The SMILES string of the molecule is NCCCCc1ccc(Cl)cc1C1CC=NNC1=O. The lowest BCUT2D eigenvalue weighted by Gasteiger charge is -2.20. The summed E-state index contributed by atoms with van der Waals surface area (Å²) in [5, 5.41) is 4.45. The van der Waals surface area contributed by atoms with Crippen molar-refractivity contribution in [3.63, 3.8) is 0 Å². The molecule has 0 aliphatic carbocycles. The van der Waals surface area contributed by atoms with Gasteiger partial charge in [0, 0.05) is 17.7 Å². The molecule has 0 saturated heterocycles. The fourth-order valence-electron chi connectivity index (χ4n) is 2.30. The second kappa shape index (κ2) is 6.68. The Morgan fingerprint density at radius 2 is 2.26 bits per heavy atom. The maximum Gasteiger partial charge on any atom is 0.247 e. The van der Waals surface area contributed by atoms with E-state index in [4.69, 9.17) is 17.3 Å². The predicted molar refractivity (Wildman–Crippen MR) is 77.4 cm³/mol. The van der Waals surface area contributed by atoms with Crippen molar-refractivity contribution >= 4 is 23.7 Å². The molecule has 102 valence electrons. The number of halogens is 1. The van der Waals surface area contributed by atoms with Gasteiger partial charge in [-0.25, -0.2) is 5.43 Å². The highest BCUT2D eigenvalue weighted by Gasteiger charge is 2.24.